The highest BCUT2D eigenvalue weighted by Crippen LogP contribution is 2.38. The second kappa shape index (κ2) is 54.5. The summed E-state index contributed by atoms with van der Waals surface area (Å²) in [5.74, 6) is -0.594. The Morgan fingerprint density at radius 3 is 1.33 bits per heavy atom. The number of phosphoric acid groups is 1. The summed E-state index contributed by atoms with van der Waals surface area (Å²) in [4.78, 5) is 39.9. The maximum atomic E-state index is 13.5. The molecule has 0 heterocycles. The lowest BCUT2D eigenvalue weighted by Gasteiger charge is -2.30. The molecule has 0 aliphatic rings. The van der Waals surface area contributed by atoms with Crippen LogP contribution in [0.1, 0.15) is 265 Å². The van der Waals surface area contributed by atoms with Crippen molar-refractivity contribution in [3.8, 4) is 0 Å². The van der Waals surface area contributed by atoms with Crippen LogP contribution < -0.4 is 10.2 Å². The summed E-state index contributed by atoms with van der Waals surface area (Å²) >= 11 is 0. The number of phosphoric ester groups is 1. The van der Waals surface area contributed by atoms with E-state index in [9.17, 15) is 19.0 Å². The topological polar surface area (TPSA) is 114 Å². The lowest BCUT2D eigenvalue weighted by molar-refractivity contribution is -0.870. The maximum Gasteiger partial charge on any atom is 0.306 e. The number of hydrogen-bond acceptors (Lipinski definition) is 7. The van der Waals surface area contributed by atoms with Gasteiger partial charge in [0.1, 0.15) is 19.3 Å². The normalized spacial score (nSPS) is 14.3. The Morgan fingerprint density at radius 2 is 0.853 bits per heavy atom. The van der Waals surface area contributed by atoms with Crippen molar-refractivity contribution in [1.82, 2.24) is 5.32 Å². The third-order valence-electron chi connectivity index (χ3n) is 13.3. The van der Waals surface area contributed by atoms with Crippen molar-refractivity contribution in [2.45, 2.75) is 277 Å². The molecule has 0 spiro atoms. The van der Waals surface area contributed by atoms with Crippen molar-refractivity contribution in [1.29, 1.82) is 0 Å². The van der Waals surface area contributed by atoms with Gasteiger partial charge in [-0.05, 0) is 102 Å². The van der Waals surface area contributed by atoms with E-state index >= 15 is 0 Å². The number of ether oxygens (including phenoxy) is 1. The minimum absolute atomic E-state index is 0.0340. The van der Waals surface area contributed by atoms with Gasteiger partial charge in [0, 0.05) is 12.8 Å². The van der Waals surface area contributed by atoms with Gasteiger partial charge >= 0.3 is 5.97 Å². The van der Waals surface area contributed by atoms with Gasteiger partial charge in [0.15, 0.2) is 0 Å². The Hall–Kier alpha value is -2.81. The average Bonchev–Trinajstić information content (AvgIpc) is 3.37. The van der Waals surface area contributed by atoms with Crippen LogP contribution in [0.5, 0.6) is 0 Å². The van der Waals surface area contributed by atoms with Crippen LogP contribution in [0.3, 0.4) is 0 Å². The van der Waals surface area contributed by atoms with E-state index in [1.165, 1.54) is 122 Å². The third-order valence-corrected chi connectivity index (χ3v) is 14.3. The molecule has 3 atom stereocenters. The van der Waals surface area contributed by atoms with Crippen LogP contribution in [0.15, 0.2) is 85.1 Å². The number of esters is 1. The van der Waals surface area contributed by atoms with E-state index in [4.69, 9.17) is 13.8 Å². The molecule has 0 saturated heterocycles. The van der Waals surface area contributed by atoms with Gasteiger partial charge in [0.2, 0.25) is 5.91 Å². The molecule has 0 aliphatic heterocycles. The molecule has 0 fully saturated rings. The number of hydrogen-bond donors (Lipinski definition) is 1. The summed E-state index contributed by atoms with van der Waals surface area (Å²) in [5.41, 5.74) is 0. The van der Waals surface area contributed by atoms with Gasteiger partial charge in [-0.2, -0.15) is 0 Å². The molecular formula is C65H117N2O7P. The van der Waals surface area contributed by atoms with Crippen molar-refractivity contribution in [3.05, 3.63) is 85.1 Å². The Kier molecular flexibility index (Phi) is 52.5. The van der Waals surface area contributed by atoms with Crippen molar-refractivity contribution in [2.75, 3.05) is 40.9 Å². The zero-order valence-corrected chi connectivity index (χ0v) is 50.4. The molecule has 434 valence electrons. The van der Waals surface area contributed by atoms with E-state index in [0.29, 0.717) is 23.9 Å². The van der Waals surface area contributed by atoms with E-state index in [0.717, 1.165) is 96.3 Å². The molecule has 10 heteroatoms. The molecule has 0 aromatic rings. The highest BCUT2D eigenvalue weighted by atomic mass is 31.2. The summed E-state index contributed by atoms with van der Waals surface area (Å²) in [6.45, 7) is 6.77. The number of amides is 1. The minimum Gasteiger partial charge on any atom is -0.756 e. The largest absolute Gasteiger partial charge is 0.756 e. The summed E-state index contributed by atoms with van der Waals surface area (Å²) in [6.07, 6.45) is 71.2. The Morgan fingerprint density at radius 1 is 0.480 bits per heavy atom. The first-order valence-corrected chi connectivity index (χ1v) is 32.4. The molecule has 0 aliphatic carbocycles. The van der Waals surface area contributed by atoms with E-state index in [1.54, 1.807) is 0 Å². The van der Waals surface area contributed by atoms with Gasteiger partial charge in [-0.25, -0.2) is 0 Å². The predicted molar refractivity (Wildman–Crippen MR) is 321 cm³/mol. The van der Waals surface area contributed by atoms with Crippen LogP contribution in [0.25, 0.3) is 0 Å². The number of nitrogens with zero attached hydrogens (tertiary/aromatic N) is 1. The lowest BCUT2D eigenvalue weighted by atomic mass is 10.1. The molecular weight excluding hydrogens is 952 g/mol. The number of rotatable bonds is 55. The minimum atomic E-state index is -4.71. The van der Waals surface area contributed by atoms with Crippen LogP contribution in [0.4, 0.5) is 0 Å². The number of allylic oxidation sites excluding steroid dienone is 13. The highest BCUT2D eigenvalue weighted by Gasteiger charge is 2.27. The fourth-order valence-electron chi connectivity index (χ4n) is 8.50. The molecule has 0 aromatic carbocycles. The van der Waals surface area contributed by atoms with Crippen LogP contribution in [-0.4, -0.2) is 69.4 Å². The van der Waals surface area contributed by atoms with Crippen molar-refractivity contribution >= 4 is 19.7 Å². The van der Waals surface area contributed by atoms with E-state index in [-0.39, 0.29) is 31.3 Å². The predicted octanol–water partition coefficient (Wildman–Crippen LogP) is 18.4. The van der Waals surface area contributed by atoms with Gasteiger partial charge in [-0.1, -0.05) is 235 Å². The standard InChI is InChI=1S/C65H117N2O7P/c1-7-10-13-16-19-22-25-28-30-32-33-34-35-36-38-40-43-46-49-52-55-58-65(69)74-63(56-53-50-47-44-41-27-24-21-18-15-12-9-3)62(61-73-75(70,71)72-60-59-67(4,5)6)66-64(68)57-54-51-48-45-42-39-37-31-29-26-23-20-17-14-11-8-2/h19,22,28,30-31,33-34,36-39,42,53,56,62-63H,7-18,20-21,23-27,29,32,35,40-41,43-52,54-55,57-61H2,1-6H3,(H-,66,68,70,71)/b22-19-,30-28-,34-33-,37-31+,38-36-,42-39+,56-53+. The first kappa shape index (κ1) is 72.2. The first-order valence-electron chi connectivity index (χ1n) is 30.9. The molecule has 75 heavy (non-hydrogen) atoms. The fourth-order valence-corrected chi connectivity index (χ4v) is 9.22. The van der Waals surface area contributed by atoms with Crippen LogP contribution in [0.2, 0.25) is 0 Å². The first-order chi connectivity index (χ1) is 36.4. The number of quaternary nitrogens is 1. The number of nitrogens with one attached hydrogen (secondary N) is 1. The quantitative estimate of drug-likeness (QED) is 0.0161. The molecule has 0 rings (SSSR count). The van der Waals surface area contributed by atoms with E-state index in [1.807, 2.05) is 33.3 Å². The second-order valence-corrected chi connectivity index (χ2v) is 23.3. The van der Waals surface area contributed by atoms with Gasteiger partial charge in [-0.3, -0.25) is 14.2 Å². The number of carbonyl (C=O) groups excluding carboxylic acids is 2. The maximum absolute atomic E-state index is 13.5. The Balaban J connectivity index is 5.35. The molecule has 1 N–H and O–H groups in total. The molecule has 0 aromatic heterocycles. The molecule has 3 unspecified atom stereocenters. The number of unbranched alkanes of at least 4 members (excludes halogenated alkanes) is 28. The van der Waals surface area contributed by atoms with Gasteiger partial charge < -0.3 is 28.5 Å². The SMILES string of the molecule is CCCCC/C=C\C/C=C\C/C=C\C/C=C\CCCCCCCC(=O)OC(/C=C/CCCCCCCCCCCC)C(COP(=O)([O-])OCC[N+](C)(C)C)NC(=O)CCCCC/C=C/C=C/CCCCCCCCC. The van der Waals surface area contributed by atoms with Crippen LogP contribution >= 0.6 is 7.82 Å². The van der Waals surface area contributed by atoms with E-state index in [2.05, 4.69) is 99.0 Å². The molecule has 0 bridgehead atoms. The van der Waals surface area contributed by atoms with Crippen molar-refractivity contribution in [3.63, 3.8) is 0 Å². The van der Waals surface area contributed by atoms with Crippen LogP contribution in [0, 0.1) is 0 Å². The summed E-state index contributed by atoms with van der Waals surface area (Å²) in [5, 5.41) is 3.00. The van der Waals surface area contributed by atoms with Gasteiger partial charge in [0.25, 0.3) is 7.82 Å². The van der Waals surface area contributed by atoms with Gasteiger partial charge in [0.05, 0.1) is 33.8 Å². The van der Waals surface area contributed by atoms with Crippen LogP contribution in [-0.2, 0) is 27.9 Å². The highest BCUT2D eigenvalue weighted by molar-refractivity contribution is 7.45. The summed E-state index contributed by atoms with van der Waals surface area (Å²) in [6, 6.07) is -0.914. The molecule has 9 nitrogen and oxygen atoms in total. The monoisotopic (exact) mass is 1070 g/mol. The van der Waals surface area contributed by atoms with Gasteiger partial charge in [-0.15, -0.1) is 0 Å². The second-order valence-electron chi connectivity index (χ2n) is 21.9. The summed E-state index contributed by atoms with van der Waals surface area (Å²) in [7, 11) is 1.15. The van der Waals surface area contributed by atoms with E-state index < -0.39 is 26.6 Å². The smallest absolute Gasteiger partial charge is 0.306 e. The number of carbonyl (C=O) groups is 2. The Labute approximate surface area is 463 Å². The Bertz CT molecular complexity index is 1560. The fraction of sp³-hybridized carbons (Fsp3) is 0.754. The lowest BCUT2D eigenvalue weighted by Crippen LogP contribution is -2.47. The zero-order valence-electron chi connectivity index (χ0n) is 49.5. The summed E-state index contributed by atoms with van der Waals surface area (Å²) < 4.78 is 30.3. The van der Waals surface area contributed by atoms with Crippen molar-refractivity contribution < 1.29 is 37.3 Å². The third kappa shape index (κ3) is 55.7. The number of likely N-dealkylation sites (N-methyl/N-ethyl adjacent to an activating group) is 1. The zero-order chi connectivity index (χ0) is 55.0. The average molecular weight is 1070 g/mol. The molecule has 0 radical (unpaired) electrons. The molecule has 0 saturated carbocycles. The molecule has 1 amide bonds. The van der Waals surface area contributed by atoms with Crippen molar-refractivity contribution in [2.24, 2.45) is 0 Å².